The summed E-state index contributed by atoms with van der Waals surface area (Å²) in [6, 6.07) is 27.3. The summed E-state index contributed by atoms with van der Waals surface area (Å²) in [5, 5.41) is 5.01. The molecule has 1 heterocycles. The number of fused-ring (bicyclic) bond motifs is 1. The van der Waals surface area contributed by atoms with Crippen molar-refractivity contribution in [2.45, 2.75) is 0 Å². The van der Waals surface area contributed by atoms with Gasteiger partial charge in [-0.2, -0.15) is 0 Å². The maximum atomic E-state index is 13.2. The van der Waals surface area contributed by atoms with E-state index in [2.05, 4.69) is 10.2 Å². The SMILES string of the molecule is COc1cccc(-c2cccc(C(=O)Nc3ccc(OCCN4CCOCC4)c4ccccc34)c2)c1. The molecule has 0 spiro atoms. The first-order valence-electron chi connectivity index (χ1n) is 12.2. The van der Waals surface area contributed by atoms with Crippen molar-refractivity contribution in [3.8, 4) is 22.6 Å². The number of ether oxygens (including phenoxy) is 3. The highest BCUT2D eigenvalue weighted by atomic mass is 16.5. The Morgan fingerprint density at radius 2 is 1.64 bits per heavy atom. The first kappa shape index (κ1) is 23.9. The number of hydrogen-bond acceptors (Lipinski definition) is 5. The Labute approximate surface area is 211 Å². The second-order valence-corrected chi connectivity index (χ2v) is 8.73. The molecule has 0 unspecified atom stereocenters. The number of carbonyl (C=O) groups excluding carboxylic acids is 1. The molecule has 1 aliphatic heterocycles. The van der Waals surface area contributed by atoms with Gasteiger partial charge < -0.3 is 19.5 Å². The van der Waals surface area contributed by atoms with Crippen LogP contribution in [0.2, 0.25) is 0 Å². The fourth-order valence-corrected chi connectivity index (χ4v) is 4.45. The molecule has 0 aromatic heterocycles. The first-order valence-corrected chi connectivity index (χ1v) is 12.2. The fraction of sp³-hybridized carbons (Fsp3) is 0.233. The molecule has 0 radical (unpaired) electrons. The second-order valence-electron chi connectivity index (χ2n) is 8.73. The lowest BCUT2D eigenvalue weighted by Gasteiger charge is -2.26. The Balaban J connectivity index is 1.32. The third-order valence-electron chi connectivity index (χ3n) is 6.43. The minimum atomic E-state index is -0.161. The van der Waals surface area contributed by atoms with E-state index in [-0.39, 0.29) is 5.91 Å². The van der Waals surface area contributed by atoms with Gasteiger partial charge in [-0.25, -0.2) is 0 Å². The zero-order chi connectivity index (χ0) is 24.7. The molecule has 36 heavy (non-hydrogen) atoms. The summed E-state index contributed by atoms with van der Waals surface area (Å²) >= 11 is 0. The van der Waals surface area contributed by atoms with Gasteiger partial charge in [0.2, 0.25) is 0 Å². The van der Waals surface area contributed by atoms with Gasteiger partial charge in [0.05, 0.1) is 20.3 Å². The molecule has 1 amide bonds. The fourth-order valence-electron chi connectivity index (χ4n) is 4.45. The standard InChI is InChI=1S/C30H30N2O4/c1-34-25-9-5-7-23(21-25)22-6-4-8-24(20-22)30(33)31-28-12-13-29(27-11-3-2-10-26(27)28)36-19-16-32-14-17-35-18-15-32/h2-13,20-21H,14-19H2,1H3,(H,31,33). The Morgan fingerprint density at radius 1 is 0.889 bits per heavy atom. The van der Waals surface area contributed by atoms with Crippen LogP contribution in [0.4, 0.5) is 5.69 Å². The molecule has 1 saturated heterocycles. The molecule has 6 heteroatoms. The van der Waals surface area contributed by atoms with E-state index in [0.717, 1.165) is 71.9 Å². The van der Waals surface area contributed by atoms with E-state index in [1.54, 1.807) is 7.11 Å². The number of amides is 1. The molecule has 6 nitrogen and oxygen atoms in total. The summed E-state index contributed by atoms with van der Waals surface area (Å²) < 4.78 is 16.9. The largest absolute Gasteiger partial charge is 0.497 e. The number of carbonyl (C=O) groups is 1. The minimum Gasteiger partial charge on any atom is -0.497 e. The van der Waals surface area contributed by atoms with Crippen molar-refractivity contribution in [3.05, 3.63) is 90.5 Å². The number of methoxy groups -OCH3 is 1. The molecule has 4 aromatic rings. The number of benzene rings is 4. The van der Waals surface area contributed by atoms with Gasteiger partial charge in [0.25, 0.3) is 5.91 Å². The molecule has 0 saturated carbocycles. The quantitative estimate of drug-likeness (QED) is 0.360. The molecule has 1 N–H and O–H groups in total. The van der Waals surface area contributed by atoms with E-state index in [9.17, 15) is 4.79 Å². The number of rotatable bonds is 8. The lowest BCUT2D eigenvalue weighted by Crippen LogP contribution is -2.38. The second kappa shape index (κ2) is 11.2. The monoisotopic (exact) mass is 482 g/mol. The zero-order valence-electron chi connectivity index (χ0n) is 20.4. The number of nitrogens with one attached hydrogen (secondary N) is 1. The molecule has 0 atom stereocenters. The summed E-state index contributed by atoms with van der Waals surface area (Å²) in [4.78, 5) is 15.6. The van der Waals surface area contributed by atoms with Crippen LogP contribution in [0.5, 0.6) is 11.5 Å². The summed E-state index contributed by atoms with van der Waals surface area (Å²) in [7, 11) is 1.65. The smallest absolute Gasteiger partial charge is 0.255 e. The van der Waals surface area contributed by atoms with Crippen molar-refractivity contribution in [1.82, 2.24) is 4.90 Å². The average Bonchev–Trinajstić information content (AvgIpc) is 2.95. The highest BCUT2D eigenvalue weighted by Crippen LogP contribution is 2.32. The summed E-state index contributed by atoms with van der Waals surface area (Å²) in [5.74, 6) is 1.43. The molecule has 0 aliphatic carbocycles. The van der Waals surface area contributed by atoms with Crippen LogP contribution < -0.4 is 14.8 Å². The third-order valence-corrected chi connectivity index (χ3v) is 6.43. The van der Waals surface area contributed by atoms with E-state index < -0.39 is 0 Å². The molecule has 1 fully saturated rings. The molecule has 0 bridgehead atoms. The molecule has 1 aliphatic rings. The molecular formula is C30H30N2O4. The topological polar surface area (TPSA) is 60.0 Å². The summed E-state index contributed by atoms with van der Waals surface area (Å²) in [6.45, 7) is 4.90. The van der Waals surface area contributed by atoms with E-state index in [1.807, 2.05) is 84.9 Å². The molecular weight excluding hydrogens is 452 g/mol. The Bertz CT molecular complexity index is 1350. The van der Waals surface area contributed by atoms with Crippen LogP contribution in [-0.4, -0.2) is 57.4 Å². The summed E-state index contributed by atoms with van der Waals surface area (Å²) in [5.41, 5.74) is 3.29. The highest BCUT2D eigenvalue weighted by molar-refractivity contribution is 6.10. The normalized spacial score (nSPS) is 13.9. The molecule has 184 valence electrons. The van der Waals surface area contributed by atoms with Crippen LogP contribution in [0.1, 0.15) is 10.4 Å². The first-order chi connectivity index (χ1) is 17.7. The van der Waals surface area contributed by atoms with Crippen LogP contribution >= 0.6 is 0 Å². The maximum absolute atomic E-state index is 13.2. The Hall–Kier alpha value is -3.87. The van der Waals surface area contributed by atoms with E-state index in [0.29, 0.717) is 12.2 Å². The van der Waals surface area contributed by atoms with Gasteiger partial charge in [0.15, 0.2) is 0 Å². The van der Waals surface area contributed by atoms with Crippen molar-refractivity contribution >= 4 is 22.4 Å². The van der Waals surface area contributed by atoms with E-state index >= 15 is 0 Å². The maximum Gasteiger partial charge on any atom is 0.255 e. The molecule has 5 rings (SSSR count). The van der Waals surface area contributed by atoms with Crippen molar-refractivity contribution in [3.63, 3.8) is 0 Å². The van der Waals surface area contributed by atoms with E-state index in [1.165, 1.54) is 0 Å². The van der Waals surface area contributed by atoms with Crippen LogP contribution in [-0.2, 0) is 4.74 Å². The van der Waals surface area contributed by atoms with Crippen LogP contribution in [0, 0.1) is 0 Å². The van der Waals surface area contributed by atoms with Crippen molar-refractivity contribution in [2.75, 3.05) is 51.9 Å². The number of nitrogens with zero attached hydrogens (tertiary/aromatic N) is 1. The Morgan fingerprint density at radius 3 is 2.44 bits per heavy atom. The zero-order valence-corrected chi connectivity index (χ0v) is 20.4. The van der Waals surface area contributed by atoms with Gasteiger partial charge in [0, 0.05) is 41.7 Å². The Kier molecular flexibility index (Phi) is 7.45. The minimum absolute atomic E-state index is 0.161. The van der Waals surface area contributed by atoms with Crippen LogP contribution in [0.25, 0.3) is 21.9 Å². The number of anilines is 1. The van der Waals surface area contributed by atoms with Gasteiger partial charge in [-0.15, -0.1) is 0 Å². The lowest BCUT2D eigenvalue weighted by molar-refractivity contribution is 0.0323. The lowest BCUT2D eigenvalue weighted by atomic mass is 10.0. The number of hydrogen-bond donors (Lipinski definition) is 1. The molecule has 4 aromatic carbocycles. The predicted molar refractivity (Wildman–Crippen MR) is 143 cm³/mol. The van der Waals surface area contributed by atoms with Gasteiger partial charge >= 0.3 is 0 Å². The van der Waals surface area contributed by atoms with Crippen molar-refractivity contribution in [1.29, 1.82) is 0 Å². The van der Waals surface area contributed by atoms with Gasteiger partial charge in [-0.05, 0) is 47.5 Å². The van der Waals surface area contributed by atoms with Gasteiger partial charge in [0.1, 0.15) is 18.1 Å². The predicted octanol–water partition coefficient (Wildman–Crippen LogP) is 5.48. The van der Waals surface area contributed by atoms with Gasteiger partial charge in [-0.1, -0.05) is 48.5 Å². The van der Waals surface area contributed by atoms with Crippen molar-refractivity contribution < 1.29 is 19.0 Å². The van der Waals surface area contributed by atoms with Gasteiger partial charge in [-0.3, -0.25) is 9.69 Å². The highest BCUT2D eigenvalue weighted by Gasteiger charge is 2.14. The average molecular weight is 483 g/mol. The van der Waals surface area contributed by atoms with Crippen molar-refractivity contribution in [2.24, 2.45) is 0 Å². The van der Waals surface area contributed by atoms with Crippen LogP contribution in [0.3, 0.4) is 0 Å². The summed E-state index contributed by atoms with van der Waals surface area (Å²) in [6.07, 6.45) is 0. The van der Waals surface area contributed by atoms with Crippen LogP contribution in [0.15, 0.2) is 84.9 Å². The third kappa shape index (κ3) is 5.51. The van der Waals surface area contributed by atoms with E-state index in [4.69, 9.17) is 14.2 Å². The number of morpholine rings is 1.